The van der Waals surface area contributed by atoms with Gasteiger partial charge in [-0.05, 0) is 54.3 Å². The summed E-state index contributed by atoms with van der Waals surface area (Å²) in [6.45, 7) is 0. The third kappa shape index (κ3) is 7.40. The Kier molecular flexibility index (Phi) is 8.95. The number of hydrogen-bond donors (Lipinski definition) is 3. The van der Waals surface area contributed by atoms with Crippen LogP contribution in [0.5, 0.6) is 0 Å². The molecule has 0 saturated carbocycles. The molecule has 0 aromatic heterocycles. The largest absolute Gasteiger partial charge is 0.480 e. The smallest absolute Gasteiger partial charge is 0.326 e. The van der Waals surface area contributed by atoms with E-state index in [9.17, 15) is 19.5 Å². The molecule has 6 nitrogen and oxygen atoms in total. The van der Waals surface area contributed by atoms with Crippen LogP contribution in [0.25, 0.3) is 6.08 Å². The van der Waals surface area contributed by atoms with Gasteiger partial charge < -0.3 is 15.7 Å². The average Bonchev–Trinajstić information content (AvgIpc) is 2.71. The van der Waals surface area contributed by atoms with Gasteiger partial charge in [0.25, 0.3) is 11.8 Å². The van der Waals surface area contributed by atoms with E-state index in [2.05, 4.69) is 26.6 Å². The van der Waals surface area contributed by atoms with Gasteiger partial charge in [-0.2, -0.15) is 11.8 Å². The molecule has 0 radical (unpaired) electrons. The van der Waals surface area contributed by atoms with E-state index >= 15 is 0 Å². The van der Waals surface area contributed by atoms with Crippen LogP contribution in [-0.4, -0.2) is 40.9 Å². The van der Waals surface area contributed by atoms with Crippen LogP contribution in [0.3, 0.4) is 0 Å². The third-order valence-electron chi connectivity index (χ3n) is 3.92. The molecule has 0 heterocycles. The molecule has 0 spiro atoms. The summed E-state index contributed by atoms with van der Waals surface area (Å²) in [5, 5.41) is 14.5. The molecule has 0 aliphatic heterocycles. The molecule has 8 heteroatoms. The molecule has 0 fully saturated rings. The second-order valence-corrected chi connectivity index (χ2v) is 7.98. The van der Waals surface area contributed by atoms with Crippen LogP contribution in [-0.2, 0) is 9.59 Å². The van der Waals surface area contributed by atoms with Gasteiger partial charge in [0.05, 0.1) is 0 Å². The summed E-state index contributed by atoms with van der Waals surface area (Å²) in [5.41, 5.74) is 1.04. The van der Waals surface area contributed by atoms with Crippen molar-refractivity contribution >= 4 is 51.6 Å². The average molecular weight is 477 g/mol. The van der Waals surface area contributed by atoms with Gasteiger partial charge >= 0.3 is 5.97 Å². The Morgan fingerprint density at radius 3 is 2.34 bits per heavy atom. The van der Waals surface area contributed by atoms with Gasteiger partial charge in [-0.1, -0.05) is 46.3 Å². The van der Waals surface area contributed by atoms with E-state index in [0.29, 0.717) is 16.9 Å². The Hall–Kier alpha value is -2.58. The lowest BCUT2D eigenvalue weighted by molar-refractivity contribution is -0.141. The zero-order chi connectivity index (χ0) is 21.2. The molecule has 2 aromatic rings. The first-order chi connectivity index (χ1) is 13.9. The van der Waals surface area contributed by atoms with Crippen molar-refractivity contribution in [3.05, 3.63) is 75.9 Å². The van der Waals surface area contributed by atoms with E-state index in [0.717, 1.165) is 4.47 Å². The predicted molar refractivity (Wildman–Crippen MR) is 119 cm³/mol. The van der Waals surface area contributed by atoms with Crippen LogP contribution in [0.15, 0.2) is 64.8 Å². The van der Waals surface area contributed by atoms with Crippen LogP contribution in [0.4, 0.5) is 0 Å². The SMILES string of the molecule is CSCCC(NC(=O)/C(=C\c1ccccc1)NC(=O)c1ccc(Br)cc1)C(=O)O. The predicted octanol–water partition coefficient (Wildman–Crippen LogP) is 3.54. The van der Waals surface area contributed by atoms with E-state index in [1.165, 1.54) is 17.8 Å². The van der Waals surface area contributed by atoms with Crippen LogP contribution in [0.1, 0.15) is 22.3 Å². The van der Waals surface area contributed by atoms with Crippen LogP contribution in [0, 0.1) is 0 Å². The van der Waals surface area contributed by atoms with Crippen LogP contribution < -0.4 is 10.6 Å². The zero-order valence-corrected chi connectivity index (χ0v) is 18.1. The number of aliphatic carboxylic acids is 1. The highest BCUT2D eigenvalue weighted by molar-refractivity contribution is 9.10. The van der Waals surface area contributed by atoms with Gasteiger partial charge in [0.15, 0.2) is 0 Å². The van der Waals surface area contributed by atoms with Crippen molar-refractivity contribution < 1.29 is 19.5 Å². The third-order valence-corrected chi connectivity index (χ3v) is 5.10. The van der Waals surface area contributed by atoms with E-state index in [-0.39, 0.29) is 12.1 Å². The molecule has 3 N–H and O–H groups in total. The number of halogens is 1. The van der Waals surface area contributed by atoms with Gasteiger partial charge in [0, 0.05) is 10.0 Å². The number of thioether (sulfide) groups is 1. The fraction of sp³-hybridized carbons (Fsp3) is 0.190. The lowest BCUT2D eigenvalue weighted by atomic mass is 10.1. The summed E-state index contributed by atoms with van der Waals surface area (Å²) in [6.07, 6.45) is 3.65. The molecular weight excluding hydrogens is 456 g/mol. The molecule has 0 saturated heterocycles. The van der Waals surface area contributed by atoms with E-state index in [1.54, 1.807) is 48.5 Å². The summed E-state index contributed by atoms with van der Waals surface area (Å²) in [6, 6.07) is 14.6. The number of rotatable bonds is 9. The number of carboxylic acids is 1. The molecule has 1 atom stereocenters. The van der Waals surface area contributed by atoms with Gasteiger partial charge in [-0.25, -0.2) is 4.79 Å². The zero-order valence-electron chi connectivity index (χ0n) is 15.7. The molecule has 0 bridgehead atoms. The minimum atomic E-state index is -1.12. The maximum atomic E-state index is 12.8. The number of nitrogens with one attached hydrogen (secondary N) is 2. The second kappa shape index (κ2) is 11.4. The van der Waals surface area contributed by atoms with E-state index < -0.39 is 23.8 Å². The number of carboxylic acid groups (broad SMARTS) is 1. The normalized spacial score (nSPS) is 12.1. The van der Waals surface area contributed by atoms with E-state index in [4.69, 9.17) is 0 Å². The number of amides is 2. The minimum absolute atomic E-state index is 0.0282. The summed E-state index contributed by atoms with van der Waals surface area (Å²) in [5.74, 6) is -1.66. The fourth-order valence-corrected chi connectivity index (χ4v) is 3.13. The molecular formula is C21H21BrN2O4S. The van der Waals surface area contributed by atoms with Crippen molar-refractivity contribution in [3.8, 4) is 0 Å². The second-order valence-electron chi connectivity index (χ2n) is 6.08. The van der Waals surface area contributed by atoms with Crippen molar-refractivity contribution in [2.24, 2.45) is 0 Å². The first-order valence-electron chi connectivity index (χ1n) is 8.77. The van der Waals surface area contributed by atoms with E-state index in [1.807, 2.05) is 12.3 Å². The van der Waals surface area contributed by atoms with Crippen LogP contribution >= 0.6 is 27.7 Å². The highest BCUT2D eigenvalue weighted by Crippen LogP contribution is 2.12. The summed E-state index contributed by atoms with van der Waals surface area (Å²) >= 11 is 4.80. The Bertz CT molecular complexity index is 885. The maximum Gasteiger partial charge on any atom is 0.326 e. The molecule has 1 unspecified atom stereocenters. The topological polar surface area (TPSA) is 95.5 Å². The summed E-state index contributed by atoms with van der Waals surface area (Å²) in [4.78, 5) is 36.8. The van der Waals surface area contributed by atoms with Crippen molar-refractivity contribution in [2.45, 2.75) is 12.5 Å². The number of benzene rings is 2. The first kappa shape index (κ1) is 22.7. The van der Waals surface area contributed by atoms with Gasteiger partial charge in [-0.3, -0.25) is 9.59 Å². The number of carbonyl (C=O) groups is 3. The highest BCUT2D eigenvalue weighted by Gasteiger charge is 2.22. The molecule has 2 amide bonds. The van der Waals surface area contributed by atoms with Gasteiger partial charge in [0.2, 0.25) is 0 Å². The summed E-state index contributed by atoms with van der Waals surface area (Å²) in [7, 11) is 0. The van der Waals surface area contributed by atoms with Crippen molar-refractivity contribution in [3.63, 3.8) is 0 Å². The lowest BCUT2D eigenvalue weighted by Crippen LogP contribution is -2.44. The van der Waals surface area contributed by atoms with Gasteiger partial charge in [0.1, 0.15) is 11.7 Å². The number of carbonyl (C=O) groups excluding carboxylic acids is 2. The minimum Gasteiger partial charge on any atom is -0.480 e. The highest BCUT2D eigenvalue weighted by atomic mass is 79.9. The standard InChI is InChI=1S/C21H21BrN2O4S/c1-29-12-11-17(21(27)28)23-20(26)18(13-14-5-3-2-4-6-14)24-19(25)15-7-9-16(22)10-8-15/h2-10,13,17H,11-12H2,1H3,(H,23,26)(H,24,25)(H,27,28)/b18-13+. The Labute approximate surface area is 181 Å². The molecule has 29 heavy (non-hydrogen) atoms. The first-order valence-corrected chi connectivity index (χ1v) is 11.0. The van der Waals surface area contributed by atoms with Gasteiger partial charge in [-0.15, -0.1) is 0 Å². The quantitative estimate of drug-likeness (QED) is 0.481. The maximum absolute atomic E-state index is 12.8. The molecule has 152 valence electrons. The molecule has 2 aromatic carbocycles. The van der Waals surface area contributed by atoms with Crippen molar-refractivity contribution in [2.75, 3.05) is 12.0 Å². The van der Waals surface area contributed by atoms with Crippen molar-refractivity contribution in [1.29, 1.82) is 0 Å². The lowest BCUT2D eigenvalue weighted by Gasteiger charge is -2.16. The molecule has 0 aliphatic rings. The van der Waals surface area contributed by atoms with Crippen LogP contribution in [0.2, 0.25) is 0 Å². The number of hydrogen-bond acceptors (Lipinski definition) is 4. The molecule has 2 rings (SSSR count). The van der Waals surface area contributed by atoms with Crippen molar-refractivity contribution in [1.82, 2.24) is 10.6 Å². The monoisotopic (exact) mass is 476 g/mol. The Balaban J connectivity index is 2.25. The summed E-state index contributed by atoms with van der Waals surface area (Å²) < 4.78 is 0.824. The molecule has 0 aliphatic carbocycles. The Morgan fingerprint density at radius 2 is 1.76 bits per heavy atom. The fourth-order valence-electron chi connectivity index (χ4n) is 2.40. The Morgan fingerprint density at radius 1 is 1.10 bits per heavy atom.